The van der Waals surface area contributed by atoms with Crippen LogP contribution in [0.3, 0.4) is 0 Å². The number of piperidine rings is 1. The summed E-state index contributed by atoms with van der Waals surface area (Å²) in [6, 6.07) is 0. The van der Waals surface area contributed by atoms with E-state index in [1.165, 1.54) is 58.7 Å². The molecule has 2 saturated heterocycles. The van der Waals surface area contributed by atoms with Crippen LogP contribution in [0.15, 0.2) is 0 Å². The predicted molar refractivity (Wildman–Crippen MR) is 56.6 cm³/mol. The van der Waals surface area contributed by atoms with Crippen molar-refractivity contribution in [2.24, 2.45) is 5.92 Å². The van der Waals surface area contributed by atoms with Gasteiger partial charge in [-0.25, -0.2) is 0 Å². The lowest BCUT2D eigenvalue weighted by Gasteiger charge is -2.30. The van der Waals surface area contributed by atoms with E-state index in [1.807, 2.05) is 4.90 Å². The lowest BCUT2D eigenvalue weighted by atomic mass is 9.98. The third kappa shape index (κ3) is 2.94. The van der Waals surface area contributed by atoms with E-state index in [0.717, 1.165) is 5.92 Å². The average molecular weight is 200 g/mol. The largest absolute Gasteiger partial charge is 0.337 e. The van der Waals surface area contributed by atoms with Crippen LogP contribution in [0.5, 0.6) is 0 Å². The minimum absolute atomic E-state index is 1.01. The number of nitrogens with two attached hydrogens (primary N) is 1. The molecular formula is C11H26N3+3. The quantitative estimate of drug-likeness (QED) is 0.410. The monoisotopic (exact) mass is 200 g/mol. The van der Waals surface area contributed by atoms with Gasteiger partial charge in [-0.1, -0.05) is 0 Å². The van der Waals surface area contributed by atoms with Crippen molar-refractivity contribution in [2.75, 3.05) is 52.9 Å². The highest BCUT2D eigenvalue weighted by molar-refractivity contribution is 4.59. The van der Waals surface area contributed by atoms with Gasteiger partial charge in [-0.3, -0.25) is 0 Å². The molecule has 0 aromatic heterocycles. The first-order valence-corrected chi connectivity index (χ1v) is 6.31. The standard InChI is InChI=1S/C11H23N3/c1-13-6-2-3-11(9-13)10-14-7-4-12-5-8-14/h11-12H,2-10H2,1H3/p+3/t11-/m1/s1. The Morgan fingerprint density at radius 3 is 2.71 bits per heavy atom. The third-order valence-electron chi connectivity index (χ3n) is 3.83. The van der Waals surface area contributed by atoms with E-state index < -0.39 is 0 Å². The molecule has 2 aliphatic heterocycles. The van der Waals surface area contributed by atoms with Crippen LogP contribution in [0.2, 0.25) is 0 Å². The fraction of sp³-hybridized carbons (Fsp3) is 1.00. The zero-order valence-corrected chi connectivity index (χ0v) is 9.52. The summed E-state index contributed by atoms with van der Waals surface area (Å²) in [7, 11) is 2.35. The molecule has 0 bridgehead atoms. The average Bonchev–Trinajstić information content (AvgIpc) is 2.19. The van der Waals surface area contributed by atoms with E-state index in [1.54, 1.807) is 4.90 Å². The van der Waals surface area contributed by atoms with Gasteiger partial charge in [0.25, 0.3) is 0 Å². The SMILES string of the molecule is C[NH+]1CCC[C@@H](C[NH+]2CC[NH2+]CC2)C1. The van der Waals surface area contributed by atoms with Crippen molar-refractivity contribution in [3.8, 4) is 0 Å². The zero-order valence-electron chi connectivity index (χ0n) is 9.52. The number of hydrogen-bond acceptors (Lipinski definition) is 0. The first kappa shape index (κ1) is 10.4. The lowest BCUT2D eigenvalue weighted by molar-refractivity contribution is -0.956. The highest BCUT2D eigenvalue weighted by Crippen LogP contribution is 2.04. The number of likely N-dealkylation sites (tertiary alicyclic amines) is 1. The van der Waals surface area contributed by atoms with Gasteiger partial charge < -0.3 is 15.1 Å². The molecule has 2 atom stereocenters. The summed E-state index contributed by atoms with van der Waals surface area (Å²) in [5, 5.41) is 2.46. The van der Waals surface area contributed by atoms with Crippen LogP contribution in [0, 0.1) is 5.92 Å². The van der Waals surface area contributed by atoms with Gasteiger partial charge in [0.15, 0.2) is 0 Å². The van der Waals surface area contributed by atoms with Crippen molar-refractivity contribution in [3.05, 3.63) is 0 Å². The number of piperazine rings is 1. The Morgan fingerprint density at radius 2 is 2.00 bits per heavy atom. The van der Waals surface area contributed by atoms with Crippen molar-refractivity contribution < 1.29 is 15.1 Å². The molecule has 2 fully saturated rings. The normalized spacial score (nSPS) is 35.8. The Bertz CT molecular complexity index is 166. The minimum atomic E-state index is 1.01. The number of quaternary nitrogens is 3. The Morgan fingerprint density at radius 1 is 1.21 bits per heavy atom. The molecular weight excluding hydrogens is 174 g/mol. The lowest BCUT2D eigenvalue weighted by Crippen LogP contribution is -3.21. The Kier molecular flexibility index (Phi) is 3.79. The molecule has 2 aliphatic rings. The molecule has 0 radical (unpaired) electrons. The summed E-state index contributed by atoms with van der Waals surface area (Å²) < 4.78 is 0. The first-order chi connectivity index (χ1) is 6.84. The highest BCUT2D eigenvalue weighted by Gasteiger charge is 2.26. The molecule has 2 heterocycles. The van der Waals surface area contributed by atoms with Gasteiger partial charge in [0.2, 0.25) is 0 Å². The van der Waals surface area contributed by atoms with Crippen LogP contribution < -0.4 is 15.1 Å². The van der Waals surface area contributed by atoms with Gasteiger partial charge in [-0.15, -0.1) is 0 Å². The molecule has 2 rings (SSSR count). The molecule has 3 nitrogen and oxygen atoms in total. The molecule has 0 aromatic rings. The fourth-order valence-electron chi connectivity index (χ4n) is 3.06. The molecule has 0 saturated carbocycles. The van der Waals surface area contributed by atoms with Gasteiger partial charge >= 0.3 is 0 Å². The van der Waals surface area contributed by atoms with Crippen LogP contribution in [0.1, 0.15) is 12.8 Å². The summed E-state index contributed by atoms with van der Waals surface area (Å²) in [6.07, 6.45) is 2.94. The van der Waals surface area contributed by atoms with Crippen molar-refractivity contribution in [1.29, 1.82) is 0 Å². The Balaban J connectivity index is 1.72. The number of rotatable bonds is 2. The summed E-state index contributed by atoms with van der Waals surface area (Å²) >= 11 is 0. The zero-order chi connectivity index (χ0) is 9.80. The van der Waals surface area contributed by atoms with E-state index in [4.69, 9.17) is 0 Å². The molecule has 4 N–H and O–H groups in total. The first-order valence-electron chi connectivity index (χ1n) is 6.31. The molecule has 82 valence electrons. The van der Waals surface area contributed by atoms with Gasteiger partial charge in [-0.2, -0.15) is 0 Å². The molecule has 0 spiro atoms. The second-order valence-corrected chi connectivity index (χ2v) is 5.24. The van der Waals surface area contributed by atoms with Crippen LogP contribution in [0.25, 0.3) is 0 Å². The molecule has 0 amide bonds. The Hall–Kier alpha value is -0.120. The minimum Gasteiger partial charge on any atom is -0.337 e. The smallest absolute Gasteiger partial charge is 0.127 e. The number of hydrogen-bond donors (Lipinski definition) is 3. The summed E-state index contributed by atoms with van der Waals surface area (Å²) in [4.78, 5) is 3.62. The maximum absolute atomic E-state index is 2.46. The van der Waals surface area contributed by atoms with Crippen LogP contribution >= 0.6 is 0 Å². The van der Waals surface area contributed by atoms with Crippen molar-refractivity contribution >= 4 is 0 Å². The van der Waals surface area contributed by atoms with Crippen molar-refractivity contribution in [1.82, 2.24) is 0 Å². The van der Waals surface area contributed by atoms with E-state index in [9.17, 15) is 0 Å². The number of nitrogens with one attached hydrogen (secondary N) is 2. The molecule has 1 unspecified atom stereocenters. The van der Waals surface area contributed by atoms with Gasteiger partial charge in [0.05, 0.1) is 32.6 Å². The van der Waals surface area contributed by atoms with Crippen LogP contribution in [0.4, 0.5) is 0 Å². The predicted octanol–water partition coefficient (Wildman–Crippen LogP) is -3.63. The second kappa shape index (κ2) is 5.10. The maximum Gasteiger partial charge on any atom is 0.127 e. The summed E-state index contributed by atoms with van der Waals surface area (Å²) in [6.45, 7) is 9.78. The molecule has 0 aliphatic carbocycles. The van der Waals surface area contributed by atoms with Crippen LogP contribution in [-0.4, -0.2) is 52.9 Å². The van der Waals surface area contributed by atoms with E-state index in [2.05, 4.69) is 12.4 Å². The third-order valence-corrected chi connectivity index (χ3v) is 3.83. The van der Waals surface area contributed by atoms with E-state index in [-0.39, 0.29) is 0 Å². The maximum atomic E-state index is 2.46. The highest BCUT2D eigenvalue weighted by atomic mass is 15.2. The van der Waals surface area contributed by atoms with Crippen molar-refractivity contribution in [2.45, 2.75) is 12.8 Å². The van der Waals surface area contributed by atoms with E-state index >= 15 is 0 Å². The molecule has 14 heavy (non-hydrogen) atoms. The summed E-state index contributed by atoms with van der Waals surface area (Å²) in [5.74, 6) is 1.01. The van der Waals surface area contributed by atoms with Gasteiger partial charge in [0.1, 0.15) is 26.2 Å². The summed E-state index contributed by atoms with van der Waals surface area (Å²) in [5.41, 5.74) is 0. The van der Waals surface area contributed by atoms with E-state index in [0.29, 0.717) is 0 Å². The second-order valence-electron chi connectivity index (χ2n) is 5.24. The molecule has 0 aromatic carbocycles. The Labute approximate surface area is 87.4 Å². The van der Waals surface area contributed by atoms with Gasteiger partial charge in [0, 0.05) is 0 Å². The topological polar surface area (TPSA) is 25.5 Å². The van der Waals surface area contributed by atoms with Crippen molar-refractivity contribution in [3.63, 3.8) is 0 Å². The fourth-order valence-corrected chi connectivity index (χ4v) is 3.06. The van der Waals surface area contributed by atoms with Gasteiger partial charge in [-0.05, 0) is 12.8 Å². The van der Waals surface area contributed by atoms with Crippen LogP contribution in [-0.2, 0) is 0 Å². The molecule has 3 heteroatoms.